The second-order valence-electron chi connectivity index (χ2n) is 5.69. The lowest BCUT2D eigenvalue weighted by atomic mass is 10.1. The first-order valence-corrected chi connectivity index (χ1v) is 7.88. The van der Waals surface area contributed by atoms with Gasteiger partial charge in [-0.25, -0.2) is 4.79 Å². The van der Waals surface area contributed by atoms with Crippen molar-refractivity contribution in [2.45, 2.75) is 39.7 Å². The molecule has 1 atom stereocenters. The average molecular weight is 347 g/mol. The number of aryl methyl sites for hydroxylation is 2. The first kappa shape index (κ1) is 18.5. The topological polar surface area (TPSA) is 98.6 Å². The van der Waals surface area contributed by atoms with Crippen LogP contribution in [0.4, 0.5) is 0 Å². The van der Waals surface area contributed by atoms with Crippen LogP contribution in [0.1, 0.15) is 51.2 Å². The number of carbonyl (C=O) groups excluding carboxylic acids is 3. The number of methoxy groups -OCH3 is 1. The molecule has 25 heavy (non-hydrogen) atoms. The maximum Gasteiger partial charge on any atom is 0.339 e. The highest BCUT2D eigenvalue weighted by molar-refractivity contribution is 6.03. The molecule has 2 rings (SSSR count). The monoisotopic (exact) mass is 347 g/mol. The maximum absolute atomic E-state index is 12.5. The third-order valence-corrected chi connectivity index (χ3v) is 3.91. The van der Waals surface area contributed by atoms with Crippen LogP contribution in [0.3, 0.4) is 0 Å². The molecule has 2 heterocycles. The van der Waals surface area contributed by atoms with Gasteiger partial charge in [-0.15, -0.1) is 0 Å². The summed E-state index contributed by atoms with van der Waals surface area (Å²) in [5, 5.41) is 0. The summed E-state index contributed by atoms with van der Waals surface area (Å²) in [7, 11) is 1.28. The predicted molar refractivity (Wildman–Crippen MR) is 88.5 cm³/mol. The van der Waals surface area contributed by atoms with Gasteiger partial charge < -0.3 is 18.9 Å². The summed E-state index contributed by atoms with van der Waals surface area (Å²) in [5.41, 5.74) is 1.57. The number of rotatable bonds is 7. The van der Waals surface area contributed by atoms with Gasteiger partial charge in [-0.1, -0.05) is 0 Å². The zero-order valence-electron chi connectivity index (χ0n) is 14.7. The summed E-state index contributed by atoms with van der Waals surface area (Å²) in [6, 6.07) is 3.50. The number of hydrogen-bond donors (Lipinski definition) is 1. The van der Waals surface area contributed by atoms with Crippen molar-refractivity contribution >= 4 is 17.7 Å². The highest BCUT2D eigenvalue weighted by Gasteiger charge is 2.27. The van der Waals surface area contributed by atoms with Crippen LogP contribution in [0.15, 0.2) is 22.8 Å². The number of carbonyl (C=O) groups is 3. The summed E-state index contributed by atoms with van der Waals surface area (Å²) in [6.45, 7) is 4.82. The molecule has 2 aromatic heterocycles. The second-order valence-corrected chi connectivity index (χ2v) is 5.69. The molecule has 0 aliphatic rings. The lowest BCUT2D eigenvalue weighted by molar-refractivity contribution is -0.146. The molecule has 0 fully saturated rings. The molecule has 0 aromatic carbocycles. The lowest BCUT2D eigenvalue weighted by Gasteiger charge is -2.12. The first-order valence-electron chi connectivity index (χ1n) is 7.88. The molecule has 1 N–H and O–H groups in total. The number of ether oxygens (including phenoxy) is 2. The van der Waals surface area contributed by atoms with Gasteiger partial charge >= 0.3 is 11.9 Å². The van der Waals surface area contributed by atoms with E-state index in [1.165, 1.54) is 20.3 Å². The van der Waals surface area contributed by atoms with Crippen molar-refractivity contribution in [2.24, 2.45) is 0 Å². The van der Waals surface area contributed by atoms with E-state index in [2.05, 4.69) is 4.98 Å². The van der Waals surface area contributed by atoms with E-state index in [1.54, 1.807) is 26.0 Å². The summed E-state index contributed by atoms with van der Waals surface area (Å²) >= 11 is 0. The Balaban J connectivity index is 2.02. The average Bonchev–Trinajstić information content (AvgIpc) is 3.19. The van der Waals surface area contributed by atoms with E-state index in [4.69, 9.17) is 13.9 Å². The van der Waals surface area contributed by atoms with E-state index in [0.717, 1.165) is 0 Å². The van der Waals surface area contributed by atoms with Gasteiger partial charge in [-0.05, 0) is 38.5 Å². The van der Waals surface area contributed by atoms with Gasteiger partial charge in [0.2, 0.25) is 5.78 Å². The van der Waals surface area contributed by atoms with E-state index >= 15 is 0 Å². The summed E-state index contributed by atoms with van der Waals surface area (Å²) in [6.07, 6.45) is 1.08. The fraction of sp³-hybridized carbons (Fsp3) is 0.389. The van der Waals surface area contributed by atoms with Gasteiger partial charge in [-0.3, -0.25) is 9.59 Å². The fourth-order valence-electron chi connectivity index (χ4n) is 2.60. The van der Waals surface area contributed by atoms with Crippen molar-refractivity contribution < 1.29 is 28.3 Å². The Labute approximate surface area is 145 Å². The molecule has 0 aliphatic carbocycles. The number of esters is 2. The van der Waals surface area contributed by atoms with Crippen LogP contribution in [0.2, 0.25) is 0 Å². The highest BCUT2D eigenvalue weighted by atomic mass is 16.5. The Kier molecular flexibility index (Phi) is 5.80. The zero-order valence-corrected chi connectivity index (χ0v) is 14.7. The van der Waals surface area contributed by atoms with Gasteiger partial charge in [-0.2, -0.15) is 0 Å². The number of furan rings is 1. The van der Waals surface area contributed by atoms with E-state index in [0.29, 0.717) is 29.0 Å². The molecule has 0 saturated carbocycles. The molecule has 0 unspecified atom stereocenters. The van der Waals surface area contributed by atoms with Crippen LogP contribution in [-0.4, -0.2) is 35.9 Å². The molecule has 0 amide bonds. The van der Waals surface area contributed by atoms with Gasteiger partial charge in [0.05, 0.1) is 31.1 Å². The number of aromatic nitrogens is 1. The van der Waals surface area contributed by atoms with Crippen LogP contribution in [-0.2, 0) is 20.7 Å². The third-order valence-electron chi connectivity index (χ3n) is 3.91. The minimum absolute atomic E-state index is 0.112. The van der Waals surface area contributed by atoms with Crippen molar-refractivity contribution in [2.75, 3.05) is 7.11 Å². The van der Waals surface area contributed by atoms with Crippen molar-refractivity contribution in [1.82, 2.24) is 4.98 Å². The van der Waals surface area contributed by atoms with Crippen LogP contribution < -0.4 is 0 Å². The van der Waals surface area contributed by atoms with Crippen molar-refractivity contribution in [1.29, 1.82) is 0 Å². The number of ketones is 1. The standard InChI is InChI=1S/C18H21NO6/c1-10-15(18(22)23-4)11(2)19-16(10)17(21)12(3)25-14(20)8-7-13-6-5-9-24-13/h5-6,9,12,19H,7-8H2,1-4H3/t12-/m0/s1. The van der Waals surface area contributed by atoms with Crippen LogP contribution in [0.5, 0.6) is 0 Å². The third kappa shape index (κ3) is 4.17. The molecule has 7 heteroatoms. The largest absolute Gasteiger partial charge is 0.469 e. The van der Waals surface area contributed by atoms with Crippen LogP contribution in [0, 0.1) is 13.8 Å². The fourth-order valence-corrected chi connectivity index (χ4v) is 2.60. The lowest BCUT2D eigenvalue weighted by Crippen LogP contribution is -2.25. The van der Waals surface area contributed by atoms with Gasteiger partial charge in [0.1, 0.15) is 5.76 Å². The molecule has 0 radical (unpaired) electrons. The SMILES string of the molecule is COC(=O)c1c(C)[nH]c(C(=O)[C@H](C)OC(=O)CCc2ccco2)c1C. The molecule has 0 bridgehead atoms. The highest BCUT2D eigenvalue weighted by Crippen LogP contribution is 2.21. The predicted octanol–water partition coefficient (Wildman–Crippen LogP) is 2.76. The van der Waals surface area contributed by atoms with Crippen LogP contribution >= 0.6 is 0 Å². The Morgan fingerprint density at radius 1 is 1.28 bits per heavy atom. The van der Waals surface area contributed by atoms with Crippen molar-refractivity contribution in [3.63, 3.8) is 0 Å². The smallest absolute Gasteiger partial charge is 0.339 e. The number of nitrogens with one attached hydrogen (secondary N) is 1. The quantitative estimate of drug-likeness (QED) is 0.611. The van der Waals surface area contributed by atoms with Crippen LogP contribution in [0.25, 0.3) is 0 Å². The zero-order chi connectivity index (χ0) is 18.6. The molecule has 0 spiro atoms. The molecular formula is C18H21NO6. The molecular weight excluding hydrogens is 326 g/mol. The molecule has 0 aliphatic heterocycles. The summed E-state index contributed by atoms with van der Waals surface area (Å²) in [5.74, 6) is -0.739. The molecule has 2 aromatic rings. The van der Waals surface area contributed by atoms with Crippen molar-refractivity contribution in [3.8, 4) is 0 Å². The summed E-state index contributed by atoms with van der Waals surface area (Å²) < 4.78 is 15.1. The normalized spacial score (nSPS) is 11.8. The van der Waals surface area contributed by atoms with E-state index in [9.17, 15) is 14.4 Å². The van der Waals surface area contributed by atoms with Gasteiger partial charge in [0.25, 0.3) is 0 Å². The Morgan fingerprint density at radius 3 is 2.60 bits per heavy atom. The second kappa shape index (κ2) is 7.83. The Hall–Kier alpha value is -2.83. The maximum atomic E-state index is 12.5. The minimum Gasteiger partial charge on any atom is -0.469 e. The van der Waals surface area contributed by atoms with Crippen molar-refractivity contribution in [3.05, 3.63) is 46.7 Å². The van der Waals surface area contributed by atoms with E-state index in [-0.39, 0.29) is 12.1 Å². The number of Topliss-reactive ketones (excluding diaryl/α,β-unsaturated/α-hetero) is 1. The molecule has 0 saturated heterocycles. The molecule has 134 valence electrons. The molecule has 7 nitrogen and oxygen atoms in total. The summed E-state index contributed by atoms with van der Waals surface area (Å²) in [4.78, 5) is 39.1. The Bertz CT molecular complexity index is 772. The minimum atomic E-state index is -0.966. The Morgan fingerprint density at radius 2 is 2.00 bits per heavy atom. The number of hydrogen-bond acceptors (Lipinski definition) is 6. The van der Waals surface area contributed by atoms with Gasteiger partial charge in [0.15, 0.2) is 6.10 Å². The van der Waals surface area contributed by atoms with E-state index in [1.807, 2.05) is 0 Å². The van der Waals surface area contributed by atoms with E-state index < -0.39 is 23.8 Å². The number of aromatic amines is 1. The first-order chi connectivity index (χ1) is 11.8. The van der Waals surface area contributed by atoms with Gasteiger partial charge in [0, 0.05) is 12.1 Å². The number of H-pyrrole nitrogens is 1.